The SMILES string of the molecule is COc1cc2c(cc1OC)C(c1cccs1)N(C(=O)C=Cc1cccs1)CC2. The first-order valence-electron chi connectivity index (χ1n) is 9.01. The third-order valence-corrected chi connectivity index (χ3v) is 6.67. The van der Waals surface area contributed by atoms with E-state index in [9.17, 15) is 4.79 Å². The van der Waals surface area contributed by atoms with Gasteiger partial charge >= 0.3 is 0 Å². The molecule has 0 aliphatic carbocycles. The third kappa shape index (κ3) is 3.57. The van der Waals surface area contributed by atoms with Crippen LogP contribution in [0.5, 0.6) is 11.5 Å². The van der Waals surface area contributed by atoms with Gasteiger partial charge in [-0.2, -0.15) is 0 Å². The van der Waals surface area contributed by atoms with E-state index in [1.807, 2.05) is 46.7 Å². The molecule has 4 nitrogen and oxygen atoms in total. The van der Waals surface area contributed by atoms with Gasteiger partial charge in [0, 0.05) is 22.4 Å². The molecule has 1 atom stereocenters. The molecule has 1 aromatic carbocycles. The largest absolute Gasteiger partial charge is 0.493 e. The Morgan fingerprint density at radius 3 is 2.54 bits per heavy atom. The highest BCUT2D eigenvalue weighted by Crippen LogP contribution is 2.42. The molecule has 0 saturated heterocycles. The monoisotopic (exact) mass is 411 g/mol. The van der Waals surface area contributed by atoms with Crippen LogP contribution in [0.15, 0.2) is 53.2 Å². The summed E-state index contributed by atoms with van der Waals surface area (Å²) < 4.78 is 11.0. The summed E-state index contributed by atoms with van der Waals surface area (Å²) in [6, 6.07) is 12.0. The van der Waals surface area contributed by atoms with Gasteiger partial charge in [0.15, 0.2) is 11.5 Å². The molecular formula is C22H21NO3S2. The molecule has 0 spiro atoms. The zero-order chi connectivity index (χ0) is 19.5. The number of carbonyl (C=O) groups is 1. The van der Waals surface area contributed by atoms with Gasteiger partial charge in [-0.25, -0.2) is 0 Å². The lowest BCUT2D eigenvalue weighted by Crippen LogP contribution is -2.39. The van der Waals surface area contributed by atoms with Crippen molar-refractivity contribution in [3.05, 3.63) is 74.1 Å². The van der Waals surface area contributed by atoms with Crippen molar-refractivity contribution < 1.29 is 14.3 Å². The molecule has 2 aromatic heterocycles. The van der Waals surface area contributed by atoms with E-state index in [0.717, 1.165) is 27.5 Å². The Kier molecular flexibility index (Phi) is 5.50. The van der Waals surface area contributed by atoms with Crippen molar-refractivity contribution in [2.75, 3.05) is 20.8 Å². The van der Waals surface area contributed by atoms with Gasteiger partial charge in [-0.1, -0.05) is 12.1 Å². The normalized spacial score (nSPS) is 16.2. The van der Waals surface area contributed by atoms with Gasteiger partial charge in [-0.3, -0.25) is 4.79 Å². The third-order valence-electron chi connectivity index (χ3n) is 4.90. The summed E-state index contributed by atoms with van der Waals surface area (Å²) in [5.74, 6) is 1.43. The molecule has 1 aliphatic rings. The maximum absolute atomic E-state index is 13.1. The van der Waals surface area contributed by atoms with Crippen molar-refractivity contribution in [1.82, 2.24) is 4.90 Å². The lowest BCUT2D eigenvalue weighted by atomic mass is 9.90. The molecule has 0 saturated carbocycles. The Morgan fingerprint density at radius 2 is 1.86 bits per heavy atom. The highest BCUT2D eigenvalue weighted by Gasteiger charge is 2.33. The number of carbonyl (C=O) groups excluding carboxylic acids is 1. The van der Waals surface area contributed by atoms with Crippen molar-refractivity contribution in [2.24, 2.45) is 0 Å². The number of fused-ring (bicyclic) bond motifs is 1. The Balaban J connectivity index is 1.73. The van der Waals surface area contributed by atoms with Gasteiger partial charge in [-0.15, -0.1) is 22.7 Å². The van der Waals surface area contributed by atoms with E-state index in [2.05, 4.69) is 11.4 Å². The number of ether oxygens (including phenoxy) is 2. The summed E-state index contributed by atoms with van der Waals surface area (Å²) in [5.41, 5.74) is 2.30. The fourth-order valence-corrected chi connectivity index (χ4v) is 5.04. The lowest BCUT2D eigenvalue weighted by Gasteiger charge is -2.37. The van der Waals surface area contributed by atoms with Gasteiger partial charge in [0.25, 0.3) is 0 Å². The Morgan fingerprint density at radius 1 is 1.11 bits per heavy atom. The van der Waals surface area contributed by atoms with Crippen LogP contribution >= 0.6 is 22.7 Å². The van der Waals surface area contributed by atoms with E-state index in [1.54, 1.807) is 43.0 Å². The minimum atomic E-state index is -0.121. The van der Waals surface area contributed by atoms with Gasteiger partial charge < -0.3 is 14.4 Å². The molecule has 0 fully saturated rings. The first-order valence-corrected chi connectivity index (χ1v) is 10.8. The van der Waals surface area contributed by atoms with E-state index in [0.29, 0.717) is 12.3 Å². The minimum absolute atomic E-state index is 0.0206. The van der Waals surface area contributed by atoms with E-state index < -0.39 is 0 Å². The Labute approximate surface area is 172 Å². The Hall–Kier alpha value is -2.57. The smallest absolute Gasteiger partial charge is 0.247 e. The summed E-state index contributed by atoms with van der Waals surface area (Å²) >= 11 is 3.29. The first-order chi connectivity index (χ1) is 13.7. The second-order valence-electron chi connectivity index (χ2n) is 6.45. The Bertz CT molecular complexity index is 978. The highest BCUT2D eigenvalue weighted by molar-refractivity contribution is 7.10. The second kappa shape index (κ2) is 8.20. The van der Waals surface area contributed by atoms with Crippen LogP contribution in [-0.2, 0) is 11.2 Å². The van der Waals surface area contributed by atoms with Crippen LogP contribution in [0.2, 0.25) is 0 Å². The van der Waals surface area contributed by atoms with Crippen molar-refractivity contribution in [1.29, 1.82) is 0 Å². The minimum Gasteiger partial charge on any atom is -0.493 e. The molecule has 28 heavy (non-hydrogen) atoms. The topological polar surface area (TPSA) is 38.8 Å². The van der Waals surface area contributed by atoms with Crippen LogP contribution in [0.1, 0.15) is 26.9 Å². The average Bonchev–Trinajstić information content (AvgIpc) is 3.44. The second-order valence-corrected chi connectivity index (χ2v) is 8.41. The van der Waals surface area contributed by atoms with E-state index in [-0.39, 0.29) is 11.9 Å². The van der Waals surface area contributed by atoms with Crippen molar-refractivity contribution >= 4 is 34.7 Å². The lowest BCUT2D eigenvalue weighted by molar-refractivity contribution is -0.127. The zero-order valence-corrected chi connectivity index (χ0v) is 17.4. The van der Waals surface area contributed by atoms with Crippen LogP contribution in [0.3, 0.4) is 0 Å². The number of hydrogen-bond acceptors (Lipinski definition) is 5. The summed E-state index contributed by atoms with van der Waals surface area (Å²) in [6.07, 6.45) is 4.36. The average molecular weight is 412 g/mol. The van der Waals surface area contributed by atoms with Gasteiger partial charge in [0.05, 0.1) is 20.3 Å². The number of hydrogen-bond donors (Lipinski definition) is 0. The van der Waals surface area contributed by atoms with Crippen molar-refractivity contribution in [2.45, 2.75) is 12.5 Å². The molecular weight excluding hydrogens is 390 g/mol. The summed E-state index contributed by atoms with van der Waals surface area (Å²) in [4.78, 5) is 17.2. The number of amides is 1. The maximum atomic E-state index is 13.1. The number of thiophene rings is 2. The highest BCUT2D eigenvalue weighted by atomic mass is 32.1. The molecule has 1 unspecified atom stereocenters. The fraction of sp³-hybridized carbons (Fsp3) is 0.227. The first kappa shape index (κ1) is 18.8. The molecule has 144 valence electrons. The predicted molar refractivity (Wildman–Crippen MR) is 114 cm³/mol. The molecule has 6 heteroatoms. The van der Waals surface area contributed by atoms with E-state index in [1.165, 1.54) is 5.56 Å². The van der Waals surface area contributed by atoms with Gasteiger partial charge in [0.2, 0.25) is 5.91 Å². The molecule has 3 heterocycles. The molecule has 4 rings (SSSR count). The van der Waals surface area contributed by atoms with Crippen molar-refractivity contribution in [3.63, 3.8) is 0 Å². The van der Waals surface area contributed by atoms with Crippen LogP contribution in [0.4, 0.5) is 0 Å². The van der Waals surface area contributed by atoms with Crippen LogP contribution in [0.25, 0.3) is 6.08 Å². The molecule has 3 aromatic rings. The van der Waals surface area contributed by atoms with Gasteiger partial charge in [-0.05, 0) is 58.6 Å². The van der Waals surface area contributed by atoms with Crippen LogP contribution < -0.4 is 9.47 Å². The zero-order valence-electron chi connectivity index (χ0n) is 15.8. The molecule has 0 radical (unpaired) electrons. The number of rotatable bonds is 5. The fourth-order valence-electron chi connectivity index (χ4n) is 3.57. The molecule has 0 bridgehead atoms. The molecule has 1 aliphatic heterocycles. The summed E-state index contributed by atoms with van der Waals surface area (Å²) in [5, 5.41) is 4.06. The summed E-state index contributed by atoms with van der Waals surface area (Å²) in [7, 11) is 3.29. The molecule has 0 N–H and O–H groups in total. The van der Waals surface area contributed by atoms with E-state index >= 15 is 0 Å². The quantitative estimate of drug-likeness (QED) is 0.554. The van der Waals surface area contributed by atoms with Crippen molar-refractivity contribution in [3.8, 4) is 11.5 Å². The standard InChI is InChI=1S/C22H21NO3S2/c1-25-18-13-15-9-10-23(21(24)8-7-16-5-3-11-27-16)22(20-6-4-12-28-20)17(15)14-19(18)26-2/h3-8,11-14,22H,9-10H2,1-2H3. The van der Waals surface area contributed by atoms with Crippen LogP contribution in [-0.4, -0.2) is 31.6 Å². The maximum Gasteiger partial charge on any atom is 0.247 e. The van der Waals surface area contributed by atoms with Crippen LogP contribution in [0, 0.1) is 0 Å². The summed E-state index contributed by atoms with van der Waals surface area (Å²) in [6.45, 7) is 0.665. The van der Waals surface area contributed by atoms with E-state index in [4.69, 9.17) is 9.47 Å². The predicted octanol–water partition coefficient (Wildman–Crippen LogP) is 5.01. The number of benzene rings is 1. The number of nitrogens with zero attached hydrogens (tertiary/aromatic N) is 1. The molecule has 1 amide bonds. The van der Waals surface area contributed by atoms with Gasteiger partial charge in [0.1, 0.15) is 0 Å². The number of methoxy groups -OCH3 is 2.